The predicted octanol–water partition coefficient (Wildman–Crippen LogP) is 3.70. The largest absolute Gasteiger partial charge is 0.486 e. The van der Waals surface area contributed by atoms with E-state index in [-0.39, 0.29) is 10.6 Å². The van der Waals surface area contributed by atoms with Crippen molar-refractivity contribution in [3.63, 3.8) is 0 Å². The van der Waals surface area contributed by atoms with Crippen molar-refractivity contribution in [3.05, 3.63) is 63.7 Å². The molecule has 130 valence electrons. The van der Waals surface area contributed by atoms with Crippen LogP contribution in [0.4, 0.5) is 5.69 Å². The number of hydrogen-bond acceptors (Lipinski definition) is 5. The van der Waals surface area contributed by atoms with Gasteiger partial charge in [0, 0.05) is 24.7 Å². The van der Waals surface area contributed by atoms with Gasteiger partial charge in [-0.15, -0.1) is 0 Å². The third kappa shape index (κ3) is 3.30. The van der Waals surface area contributed by atoms with Crippen LogP contribution in [0.25, 0.3) is 0 Å². The number of fused-ring (bicyclic) bond motifs is 1. The number of benzene rings is 2. The maximum atomic E-state index is 10.8. The van der Waals surface area contributed by atoms with E-state index in [1.807, 2.05) is 18.2 Å². The first-order chi connectivity index (χ1) is 12.2. The smallest absolute Gasteiger partial charge is 0.269 e. The first-order valence-corrected chi connectivity index (χ1v) is 8.57. The van der Waals surface area contributed by atoms with Crippen LogP contribution in [0.15, 0.2) is 42.5 Å². The number of non-ortho nitro benzene ring substituents is 1. The molecule has 0 spiro atoms. The van der Waals surface area contributed by atoms with Crippen molar-refractivity contribution >= 4 is 5.69 Å². The maximum absolute atomic E-state index is 10.8. The normalized spacial score (nSPS) is 19.8. The molecule has 1 fully saturated rings. The number of rotatable bonds is 4. The van der Waals surface area contributed by atoms with E-state index in [0.717, 1.165) is 43.0 Å². The van der Waals surface area contributed by atoms with Crippen molar-refractivity contribution in [3.8, 4) is 11.5 Å². The van der Waals surface area contributed by atoms with Crippen molar-refractivity contribution in [1.82, 2.24) is 4.90 Å². The summed E-state index contributed by atoms with van der Waals surface area (Å²) in [5.41, 5.74) is 2.47. The number of hydrogen-bond donors (Lipinski definition) is 0. The SMILES string of the molecule is O=[N+]([O-])c1ccc(CN2CCCC2c2ccc3c(c2)OCCO3)cc1. The fourth-order valence-corrected chi connectivity index (χ4v) is 3.62. The van der Waals surface area contributed by atoms with Gasteiger partial charge in [0.2, 0.25) is 0 Å². The standard InChI is InChI=1S/C19H20N2O4/c22-21(23)16-6-3-14(4-7-16)13-20-9-1-2-17(20)15-5-8-18-19(12-15)25-11-10-24-18/h3-8,12,17H,1-2,9-11,13H2. The lowest BCUT2D eigenvalue weighted by Crippen LogP contribution is -2.23. The summed E-state index contributed by atoms with van der Waals surface area (Å²) in [6.07, 6.45) is 2.25. The zero-order valence-electron chi connectivity index (χ0n) is 13.9. The van der Waals surface area contributed by atoms with Gasteiger partial charge in [-0.05, 0) is 42.6 Å². The Morgan fingerprint density at radius 3 is 2.60 bits per heavy atom. The fourth-order valence-electron chi connectivity index (χ4n) is 3.62. The molecule has 2 aliphatic rings. The number of nitrogens with zero attached hydrogens (tertiary/aromatic N) is 2. The van der Waals surface area contributed by atoms with Gasteiger partial charge in [0.15, 0.2) is 11.5 Å². The van der Waals surface area contributed by atoms with Crippen LogP contribution in [-0.4, -0.2) is 29.6 Å². The molecular formula is C19H20N2O4. The Kier molecular flexibility index (Phi) is 4.28. The lowest BCUT2D eigenvalue weighted by molar-refractivity contribution is -0.384. The quantitative estimate of drug-likeness (QED) is 0.627. The number of nitro benzene ring substituents is 1. The Bertz CT molecular complexity index is 775. The van der Waals surface area contributed by atoms with Crippen molar-refractivity contribution < 1.29 is 14.4 Å². The lowest BCUT2D eigenvalue weighted by atomic mass is 10.0. The van der Waals surface area contributed by atoms with Crippen LogP contribution in [0.2, 0.25) is 0 Å². The summed E-state index contributed by atoms with van der Waals surface area (Å²) in [4.78, 5) is 12.8. The van der Waals surface area contributed by atoms with Crippen molar-refractivity contribution in [2.45, 2.75) is 25.4 Å². The summed E-state index contributed by atoms with van der Waals surface area (Å²) < 4.78 is 11.3. The second kappa shape index (κ2) is 6.72. The van der Waals surface area contributed by atoms with E-state index in [2.05, 4.69) is 17.0 Å². The molecule has 0 radical (unpaired) electrons. The number of likely N-dealkylation sites (tertiary alicyclic amines) is 1. The lowest BCUT2D eigenvalue weighted by Gasteiger charge is -2.26. The maximum Gasteiger partial charge on any atom is 0.269 e. The van der Waals surface area contributed by atoms with Gasteiger partial charge in [-0.3, -0.25) is 15.0 Å². The molecule has 1 unspecified atom stereocenters. The van der Waals surface area contributed by atoms with E-state index in [9.17, 15) is 10.1 Å². The van der Waals surface area contributed by atoms with E-state index >= 15 is 0 Å². The highest BCUT2D eigenvalue weighted by Gasteiger charge is 2.27. The summed E-state index contributed by atoms with van der Waals surface area (Å²) in [7, 11) is 0. The summed E-state index contributed by atoms with van der Waals surface area (Å²) in [6, 6.07) is 13.4. The van der Waals surface area contributed by atoms with E-state index in [0.29, 0.717) is 19.3 Å². The molecule has 2 aromatic rings. The van der Waals surface area contributed by atoms with Crippen LogP contribution in [0, 0.1) is 10.1 Å². The van der Waals surface area contributed by atoms with Crippen LogP contribution in [0.1, 0.15) is 30.0 Å². The zero-order valence-corrected chi connectivity index (χ0v) is 13.9. The van der Waals surface area contributed by atoms with Crippen LogP contribution in [0.3, 0.4) is 0 Å². The van der Waals surface area contributed by atoms with Crippen LogP contribution in [-0.2, 0) is 6.54 Å². The summed E-state index contributed by atoms with van der Waals surface area (Å²) in [5, 5.41) is 10.8. The van der Waals surface area contributed by atoms with Gasteiger partial charge in [-0.1, -0.05) is 18.2 Å². The van der Waals surface area contributed by atoms with E-state index < -0.39 is 0 Å². The first kappa shape index (κ1) is 15.9. The molecule has 25 heavy (non-hydrogen) atoms. The Hall–Kier alpha value is -2.60. The molecule has 2 heterocycles. The fraction of sp³-hybridized carbons (Fsp3) is 0.368. The second-order valence-electron chi connectivity index (χ2n) is 6.46. The minimum Gasteiger partial charge on any atom is -0.486 e. The molecule has 2 aromatic carbocycles. The Labute approximate surface area is 146 Å². The third-order valence-corrected chi connectivity index (χ3v) is 4.85. The molecule has 6 heteroatoms. The monoisotopic (exact) mass is 340 g/mol. The van der Waals surface area contributed by atoms with Gasteiger partial charge >= 0.3 is 0 Å². The van der Waals surface area contributed by atoms with Gasteiger partial charge in [0.1, 0.15) is 13.2 Å². The molecule has 2 aliphatic heterocycles. The minimum atomic E-state index is -0.363. The van der Waals surface area contributed by atoms with Crippen molar-refractivity contribution in [2.24, 2.45) is 0 Å². The van der Waals surface area contributed by atoms with Crippen molar-refractivity contribution in [2.75, 3.05) is 19.8 Å². The van der Waals surface area contributed by atoms with Crippen LogP contribution < -0.4 is 9.47 Å². The Morgan fingerprint density at radius 1 is 1.08 bits per heavy atom. The molecule has 0 saturated carbocycles. The van der Waals surface area contributed by atoms with Gasteiger partial charge in [0.25, 0.3) is 5.69 Å². The van der Waals surface area contributed by atoms with Gasteiger partial charge in [-0.2, -0.15) is 0 Å². The second-order valence-corrected chi connectivity index (χ2v) is 6.46. The molecule has 1 saturated heterocycles. The average Bonchev–Trinajstić information content (AvgIpc) is 3.10. The number of nitro groups is 1. The highest BCUT2D eigenvalue weighted by molar-refractivity contribution is 5.45. The third-order valence-electron chi connectivity index (χ3n) is 4.85. The minimum absolute atomic E-state index is 0.133. The Balaban J connectivity index is 1.51. The average molecular weight is 340 g/mol. The predicted molar refractivity (Wildman–Crippen MR) is 92.9 cm³/mol. The first-order valence-electron chi connectivity index (χ1n) is 8.57. The molecule has 1 atom stereocenters. The van der Waals surface area contributed by atoms with Crippen LogP contribution >= 0.6 is 0 Å². The topological polar surface area (TPSA) is 64.8 Å². The van der Waals surface area contributed by atoms with Crippen molar-refractivity contribution in [1.29, 1.82) is 0 Å². The molecule has 0 N–H and O–H groups in total. The molecule has 0 bridgehead atoms. The van der Waals surface area contributed by atoms with Gasteiger partial charge in [0.05, 0.1) is 4.92 Å². The van der Waals surface area contributed by atoms with Gasteiger partial charge < -0.3 is 9.47 Å². The summed E-state index contributed by atoms with van der Waals surface area (Å²) in [6.45, 7) is 3.00. The highest BCUT2D eigenvalue weighted by atomic mass is 16.6. The molecule has 0 aromatic heterocycles. The van der Waals surface area contributed by atoms with E-state index in [1.165, 1.54) is 5.56 Å². The zero-order chi connectivity index (χ0) is 17.2. The van der Waals surface area contributed by atoms with E-state index in [1.54, 1.807) is 12.1 Å². The molecule has 0 amide bonds. The van der Waals surface area contributed by atoms with Gasteiger partial charge in [-0.25, -0.2) is 0 Å². The number of ether oxygens (including phenoxy) is 2. The Morgan fingerprint density at radius 2 is 1.84 bits per heavy atom. The highest BCUT2D eigenvalue weighted by Crippen LogP contribution is 2.38. The summed E-state index contributed by atoms with van der Waals surface area (Å²) >= 11 is 0. The molecule has 0 aliphatic carbocycles. The summed E-state index contributed by atoms with van der Waals surface area (Å²) in [5.74, 6) is 1.64. The molecule has 6 nitrogen and oxygen atoms in total. The van der Waals surface area contributed by atoms with Crippen LogP contribution in [0.5, 0.6) is 11.5 Å². The molecular weight excluding hydrogens is 320 g/mol. The van der Waals surface area contributed by atoms with E-state index in [4.69, 9.17) is 9.47 Å². The molecule has 4 rings (SSSR count).